The van der Waals surface area contributed by atoms with Crippen LogP contribution in [0.1, 0.15) is 13.3 Å². The summed E-state index contributed by atoms with van der Waals surface area (Å²) < 4.78 is 24.3. The first-order chi connectivity index (χ1) is 9.55. The van der Waals surface area contributed by atoms with Gasteiger partial charge in [-0.15, -0.1) is 0 Å². The van der Waals surface area contributed by atoms with E-state index in [1.807, 2.05) is 6.20 Å². The molecule has 0 N–H and O–H groups in total. The quantitative estimate of drug-likeness (QED) is 0.239. The third-order valence-corrected chi connectivity index (χ3v) is 4.14. The van der Waals surface area contributed by atoms with E-state index in [-0.39, 0.29) is 6.10 Å². The fourth-order valence-corrected chi connectivity index (χ4v) is 2.64. The van der Waals surface area contributed by atoms with Crippen LogP contribution in [0.25, 0.3) is 0 Å². The van der Waals surface area contributed by atoms with Crippen LogP contribution in [-0.4, -0.2) is 61.9 Å². The second-order valence-electron chi connectivity index (χ2n) is 4.61. The van der Waals surface area contributed by atoms with Gasteiger partial charge in [0.2, 0.25) is 0 Å². The summed E-state index contributed by atoms with van der Waals surface area (Å²) in [6.07, 6.45) is 3.23. The van der Waals surface area contributed by atoms with Gasteiger partial charge < -0.3 is 23.8 Å². The first-order valence-corrected chi connectivity index (χ1v) is 8.89. The van der Waals surface area contributed by atoms with Crippen molar-refractivity contribution in [3.05, 3.63) is 10.7 Å². The molecule has 1 atom stereocenters. The van der Waals surface area contributed by atoms with Gasteiger partial charge in [0.1, 0.15) is 0 Å². The van der Waals surface area contributed by atoms with Crippen molar-refractivity contribution < 1.29 is 18.9 Å². The third kappa shape index (κ3) is 6.15. The fourth-order valence-electron chi connectivity index (χ4n) is 1.92. The Morgan fingerprint density at radius 2 is 2.20 bits per heavy atom. The standard InChI is InChI=1S/C13H23BrINO4/c1-11(19-6-4-5-15)7-16-8-12(14)9-20-13(10-16,17-2)18-3/h8,11H,4-7,9-10H2,1-3H3. The van der Waals surface area contributed by atoms with Gasteiger partial charge >= 0.3 is 5.97 Å². The van der Waals surface area contributed by atoms with Crippen molar-refractivity contribution in [1.82, 2.24) is 4.90 Å². The van der Waals surface area contributed by atoms with E-state index in [9.17, 15) is 0 Å². The smallest absolute Gasteiger partial charge is 0.301 e. The van der Waals surface area contributed by atoms with Crippen LogP contribution in [0.3, 0.4) is 0 Å². The summed E-state index contributed by atoms with van der Waals surface area (Å²) in [5, 5.41) is 0. The van der Waals surface area contributed by atoms with Crippen LogP contribution in [0.15, 0.2) is 10.7 Å². The van der Waals surface area contributed by atoms with Crippen molar-refractivity contribution in [1.29, 1.82) is 0 Å². The highest BCUT2D eigenvalue weighted by atomic mass is 127. The van der Waals surface area contributed by atoms with E-state index in [1.54, 1.807) is 14.2 Å². The molecule has 0 amide bonds. The molecule has 0 aliphatic carbocycles. The SMILES string of the molecule is COC1(OC)CN(CC(C)OCCCI)C=C(Br)CO1. The molecule has 5 nitrogen and oxygen atoms in total. The van der Waals surface area contributed by atoms with E-state index in [2.05, 4.69) is 50.3 Å². The van der Waals surface area contributed by atoms with E-state index >= 15 is 0 Å². The lowest BCUT2D eigenvalue weighted by Crippen LogP contribution is -2.47. The number of halogens is 2. The Balaban J connectivity index is 2.58. The van der Waals surface area contributed by atoms with Crippen molar-refractivity contribution in [2.45, 2.75) is 25.4 Å². The Morgan fingerprint density at radius 1 is 1.50 bits per heavy atom. The average molecular weight is 464 g/mol. The summed E-state index contributed by atoms with van der Waals surface area (Å²) in [7, 11) is 3.17. The van der Waals surface area contributed by atoms with Gasteiger partial charge in [-0.2, -0.15) is 0 Å². The Morgan fingerprint density at radius 3 is 2.80 bits per heavy atom. The lowest BCUT2D eigenvalue weighted by Gasteiger charge is -2.33. The van der Waals surface area contributed by atoms with E-state index < -0.39 is 5.97 Å². The average Bonchev–Trinajstić information content (AvgIpc) is 2.58. The second-order valence-corrected chi connectivity index (χ2v) is 6.71. The highest BCUT2D eigenvalue weighted by Gasteiger charge is 2.35. The van der Waals surface area contributed by atoms with Crippen molar-refractivity contribution in [2.75, 3.05) is 45.0 Å². The van der Waals surface area contributed by atoms with Gasteiger partial charge in [0, 0.05) is 42.5 Å². The summed E-state index contributed by atoms with van der Waals surface area (Å²) in [6, 6.07) is 0. The van der Waals surface area contributed by atoms with Crippen molar-refractivity contribution in [3.63, 3.8) is 0 Å². The maximum absolute atomic E-state index is 5.78. The van der Waals surface area contributed by atoms with Crippen molar-refractivity contribution >= 4 is 38.5 Å². The van der Waals surface area contributed by atoms with Crippen LogP contribution in [0, 0.1) is 0 Å². The molecule has 20 heavy (non-hydrogen) atoms. The maximum Gasteiger partial charge on any atom is 0.301 e. The molecule has 1 aliphatic heterocycles. The molecule has 0 saturated heterocycles. The molecule has 0 spiro atoms. The van der Waals surface area contributed by atoms with Crippen LogP contribution in [0.5, 0.6) is 0 Å². The van der Waals surface area contributed by atoms with Gasteiger partial charge in [-0.25, -0.2) is 0 Å². The molecule has 7 heteroatoms. The number of alkyl halides is 1. The molecule has 0 aromatic rings. The summed E-state index contributed by atoms with van der Waals surface area (Å²) in [4.78, 5) is 2.10. The first-order valence-electron chi connectivity index (χ1n) is 6.57. The molecule has 0 fully saturated rings. The lowest BCUT2D eigenvalue weighted by molar-refractivity contribution is -0.359. The van der Waals surface area contributed by atoms with E-state index in [4.69, 9.17) is 18.9 Å². The van der Waals surface area contributed by atoms with Gasteiger partial charge in [0.15, 0.2) is 0 Å². The highest BCUT2D eigenvalue weighted by molar-refractivity contribution is 14.1. The molecule has 0 saturated carbocycles. The highest BCUT2D eigenvalue weighted by Crippen LogP contribution is 2.23. The number of methoxy groups -OCH3 is 2. The second kappa shape index (κ2) is 9.58. The number of nitrogens with zero attached hydrogens (tertiary/aromatic N) is 1. The molecular weight excluding hydrogens is 441 g/mol. The van der Waals surface area contributed by atoms with Crippen LogP contribution < -0.4 is 0 Å². The molecule has 0 aromatic heterocycles. The molecule has 0 bridgehead atoms. The zero-order valence-corrected chi connectivity index (χ0v) is 16.0. The Hall–Kier alpha value is 0.590. The van der Waals surface area contributed by atoms with Crippen LogP contribution in [0.2, 0.25) is 0 Å². The van der Waals surface area contributed by atoms with Crippen LogP contribution >= 0.6 is 38.5 Å². The maximum atomic E-state index is 5.78. The zero-order valence-electron chi connectivity index (χ0n) is 12.2. The minimum absolute atomic E-state index is 0.138. The van der Waals surface area contributed by atoms with Crippen LogP contribution in [-0.2, 0) is 18.9 Å². The number of hydrogen-bond donors (Lipinski definition) is 0. The molecule has 118 valence electrons. The predicted octanol–water partition coefficient (Wildman–Crippen LogP) is 2.73. The lowest BCUT2D eigenvalue weighted by atomic mass is 10.3. The van der Waals surface area contributed by atoms with E-state index in [1.165, 1.54) is 0 Å². The molecule has 0 aromatic carbocycles. The molecule has 0 radical (unpaired) electrons. The van der Waals surface area contributed by atoms with Gasteiger partial charge in [0.25, 0.3) is 0 Å². The summed E-state index contributed by atoms with van der Waals surface area (Å²) in [5.41, 5.74) is 0. The van der Waals surface area contributed by atoms with Gasteiger partial charge in [-0.1, -0.05) is 38.5 Å². The summed E-state index contributed by atoms with van der Waals surface area (Å²) in [5.74, 6) is -1.03. The van der Waals surface area contributed by atoms with E-state index in [0.717, 1.165) is 28.5 Å². The minimum Gasteiger partial charge on any atom is -0.377 e. The zero-order chi connectivity index (χ0) is 15.0. The summed E-state index contributed by atoms with van der Waals surface area (Å²) >= 11 is 5.84. The molecule has 1 heterocycles. The number of ether oxygens (including phenoxy) is 4. The van der Waals surface area contributed by atoms with Crippen LogP contribution in [0.4, 0.5) is 0 Å². The normalized spacial score (nSPS) is 20.4. The molecule has 1 aliphatic rings. The predicted molar refractivity (Wildman–Crippen MR) is 90.2 cm³/mol. The Labute approximate surface area is 143 Å². The largest absolute Gasteiger partial charge is 0.377 e. The molecule has 1 rings (SSSR count). The van der Waals surface area contributed by atoms with Crippen molar-refractivity contribution in [2.24, 2.45) is 0 Å². The first kappa shape index (κ1) is 18.6. The Kier molecular flexibility index (Phi) is 8.92. The molecular formula is C13H23BrINO4. The Bertz CT molecular complexity index is 313. The van der Waals surface area contributed by atoms with Gasteiger partial charge in [0.05, 0.1) is 19.3 Å². The van der Waals surface area contributed by atoms with Crippen molar-refractivity contribution in [3.8, 4) is 0 Å². The third-order valence-electron chi connectivity index (χ3n) is 2.94. The molecule has 1 unspecified atom stereocenters. The minimum atomic E-state index is -1.03. The summed E-state index contributed by atoms with van der Waals surface area (Å²) in [6.45, 7) is 4.53. The van der Waals surface area contributed by atoms with Gasteiger partial charge in [-0.05, 0) is 13.3 Å². The monoisotopic (exact) mass is 463 g/mol. The number of rotatable bonds is 8. The topological polar surface area (TPSA) is 40.2 Å². The number of hydrogen-bond acceptors (Lipinski definition) is 5. The van der Waals surface area contributed by atoms with Gasteiger partial charge in [-0.3, -0.25) is 0 Å². The fraction of sp³-hybridized carbons (Fsp3) is 0.846. The van der Waals surface area contributed by atoms with E-state index in [0.29, 0.717) is 13.2 Å².